The maximum absolute atomic E-state index is 12.9. The van der Waals surface area contributed by atoms with Crippen LogP contribution in [-0.2, 0) is 9.59 Å². The van der Waals surface area contributed by atoms with Crippen molar-refractivity contribution in [3.63, 3.8) is 0 Å². The quantitative estimate of drug-likeness (QED) is 0.512. The molecular formula is C21H18ClN5O3. The number of carbonyl (C=O) groups excluding carboxylic acids is 2. The summed E-state index contributed by atoms with van der Waals surface area (Å²) in [5, 5.41) is 8.79. The fourth-order valence-corrected chi connectivity index (χ4v) is 3.43. The van der Waals surface area contributed by atoms with Gasteiger partial charge in [0, 0.05) is 22.8 Å². The van der Waals surface area contributed by atoms with Gasteiger partial charge in [0.25, 0.3) is 5.56 Å². The van der Waals surface area contributed by atoms with E-state index in [1.165, 1.54) is 0 Å². The molecule has 8 nitrogen and oxygen atoms in total. The van der Waals surface area contributed by atoms with E-state index < -0.39 is 23.3 Å². The van der Waals surface area contributed by atoms with Crippen molar-refractivity contribution in [1.29, 1.82) is 0 Å². The summed E-state index contributed by atoms with van der Waals surface area (Å²) in [5.41, 5.74) is 1.66. The maximum atomic E-state index is 12.9. The van der Waals surface area contributed by atoms with Crippen LogP contribution in [0.2, 0.25) is 5.02 Å². The Morgan fingerprint density at radius 3 is 2.70 bits per heavy atom. The zero-order valence-corrected chi connectivity index (χ0v) is 16.7. The van der Waals surface area contributed by atoms with Crippen molar-refractivity contribution >= 4 is 46.6 Å². The Kier molecular flexibility index (Phi) is 5.24. The van der Waals surface area contributed by atoms with Crippen molar-refractivity contribution in [2.75, 3.05) is 16.0 Å². The number of hydrogen-bond acceptors (Lipinski definition) is 5. The van der Waals surface area contributed by atoms with Gasteiger partial charge in [-0.1, -0.05) is 35.9 Å². The first-order valence-electron chi connectivity index (χ1n) is 9.24. The summed E-state index contributed by atoms with van der Waals surface area (Å²) in [6.07, 6.45) is -0.158. The summed E-state index contributed by atoms with van der Waals surface area (Å²) < 4.78 is 0. The third kappa shape index (κ3) is 4.04. The molecule has 9 heteroatoms. The molecule has 0 aliphatic carbocycles. The number of anilines is 4. The van der Waals surface area contributed by atoms with E-state index in [0.717, 1.165) is 5.56 Å². The van der Waals surface area contributed by atoms with E-state index in [1.54, 1.807) is 18.2 Å². The summed E-state index contributed by atoms with van der Waals surface area (Å²) in [5.74, 6) is -1.62. The van der Waals surface area contributed by atoms with Gasteiger partial charge in [0.2, 0.25) is 17.8 Å². The molecule has 152 valence electrons. The van der Waals surface area contributed by atoms with Crippen LogP contribution in [0.1, 0.15) is 23.5 Å². The van der Waals surface area contributed by atoms with E-state index in [4.69, 9.17) is 11.6 Å². The van der Waals surface area contributed by atoms with Gasteiger partial charge in [-0.15, -0.1) is 0 Å². The van der Waals surface area contributed by atoms with E-state index in [9.17, 15) is 14.4 Å². The van der Waals surface area contributed by atoms with E-state index in [-0.39, 0.29) is 23.8 Å². The van der Waals surface area contributed by atoms with Crippen LogP contribution in [0.15, 0.2) is 53.3 Å². The lowest BCUT2D eigenvalue weighted by Gasteiger charge is -2.24. The van der Waals surface area contributed by atoms with Crippen LogP contribution in [0.5, 0.6) is 0 Å². The number of fused-ring (bicyclic) bond motifs is 1. The Labute approximate surface area is 176 Å². The normalized spacial score (nSPS) is 15.1. The lowest BCUT2D eigenvalue weighted by molar-refractivity contribution is -0.123. The van der Waals surface area contributed by atoms with Crippen LogP contribution < -0.4 is 21.5 Å². The second-order valence-corrected chi connectivity index (χ2v) is 7.36. The van der Waals surface area contributed by atoms with Crippen molar-refractivity contribution in [1.82, 2.24) is 9.97 Å². The van der Waals surface area contributed by atoms with Crippen molar-refractivity contribution < 1.29 is 9.59 Å². The van der Waals surface area contributed by atoms with Gasteiger partial charge in [0.05, 0.1) is 11.5 Å². The summed E-state index contributed by atoms with van der Waals surface area (Å²) in [6, 6.07) is 14.2. The number of rotatable bonds is 4. The van der Waals surface area contributed by atoms with Crippen LogP contribution in [0.3, 0.4) is 0 Å². The Balaban J connectivity index is 1.66. The van der Waals surface area contributed by atoms with Crippen LogP contribution in [0.4, 0.5) is 23.1 Å². The third-order valence-electron chi connectivity index (χ3n) is 4.76. The number of hydrogen-bond donors (Lipinski definition) is 4. The number of H-pyrrole nitrogens is 1. The number of para-hydroxylation sites is 1. The number of nitrogens with zero attached hydrogens (tertiary/aromatic N) is 1. The van der Waals surface area contributed by atoms with Gasteiger partial charge in [-0.25, -0.2) is 0 Å². The summed E-state index contributed by atoms with van der Waals surface area (Å²) in [6.45, 7) is 1.82. The molecule has 1 aliphatic rings. The topological polar surface area (TPSA) is 116 Å². The molecule has 0 radical (unpaired) electrons. The average molecular weight is 424 g/mol. The van der Waals surface area contributed by atoms with Gasteiger partial charge in [-0.2, -0.15) is 4.98 Å². The highest BCUT2D eigenvalue weighted by molar-refractivity contribution is 6.31. The molecule has 4 N–H and O–H groups in total. The smallest absolute Gasteiger partial charge is 0.258 e. The number of nitrogens with one attached hydrogen (secondary N) is 4. The van der Waals surface area contributed by atoms with Crippen molar-refractivity contribution in [2.45, 2.75) is 19.3 Å². The molecule has 1 atom stereocenters. The second-order valence-electron chi connectivity index (χ2n) is 6.92. The number of halogens is 1. The Morgan fingerprint density at radius 2 is 1.93 bits per heavy atom. The van der Waals surface area contributed by atoms with Crippen LogP contribution in [0.25, 0.3) is 0 Å². The average Bonchev–Trinajstić information content (AvgIpc) is 2.70. The maximum Gasteiger partial charge on any atom is 0.258 e. The fraction of sp³-hybridized carbons (Fsp3) is 0.143. The van der Waals surface area contributed by atoms with E-state index in [1.807, 2.05) is 37.3 Å². The van der Waals surface area contributed by atoms with Crippen LogP contribution >= 0.6 is 11.6 Å². The number of benzene rings is 2. The second kappa shape index (κ2) is 8.00. The molecule has 0 saturated carbocycles. The number of aromatic amines is 1. The number of aromatic nitrogens is 2. The molecule has 0 unspecified atom stereocenters. The van der Waals surface area contributed by atoms with E-state index in [0.29, 0.717) is 16.4 Å². The highest BCUT2D eigenvalue weighted by atomic mass is 35.5. The minimum atomic E-state index is -0.978. The summed E-state index contributed by atoms with van der Waals surface area (Å²) in [7, 11) is 0. The number of carbonyl (C=O) groups is 2. The first-order chi connectivity index (χ1) is 14.4. The monoisotopic (exact) mass is 423 g/mol. The lowest BCUT2D eigenvalue weighted by atomic mass is 9.92. The minimum absolute atomic E-state index is 0.0661. The summed E-state index contributed by atoms with van der Waals surface area (Å²) in [4.78, 5) is 44.9. The standard InChI is InChI=1S/C21H18ClN5O3/c1-11-7-8-12(22)9-15(11)24-19(29)14-10-16(28)25-18-17(14)20(30)27-21(26-18)23-13-5-3-2-4-6-13/h2-9,14H,10H2,1H3,(H,24,29)(H3,23,25,26,27,28,30)/t14-/m0/s1. The summed E-state index contributed by atoms with van der Waals surface area (Å²) >= 11 is 6.01. The molecule has 2 aromatic carbocycles. The highest BCUT2D eigenvalue weighted by Crippen LogP contribution is 2.31. The Morgan fingerprint density at radius 1 is 1.17 bits per heavy atom. The van der Waals surface area contributed by atoms with E-state index >= 15 is 0 Å². The predicted octanol–water partition coefficient (Wildman–Crippen LogP) is 3.54. The van der Waals surface area contributed by atoms with Crippen LogP contribution in [0, 0.1) is 6.92 Å². The Hall–Kier alpha value is -3.65. The molecule has 2 amide bonds. The lowest BCUT2D eigenvalue weighted by Crippen LogP contribution is -2.36. The Bertz CT molecular complexity index is 1190. The van der Waals surface area contributed by atoms with Gasteiger partial charge in [0.1, 0.15) is 5.82 Å². The number of aryl methyl sites for hydroxylation is 1. The van der Waals surface area contributed by atoms with Crippen LogP contribution in [-0.4, -0.2) is 21.8 Å². The van der Waals surface area contributed by atoms with Gasteiger partial charge in [0.15, 0.2) is 0 Å². The molecule has 0 spiro atoms. The first-order valence-corrected chi connectivity index (χ1v) is 9.61. The first kappa shape index (κ1) is 19.7. The third-order valence-corrected chi connectivity index (χ3v) is 5.00. The molecule has 2 heterocycles. The molecule has 1 aromatic heterocycles. The molecular weight excluding hydrogens is 406 g/mol. The van der Waals surface area contributed by atoms with E-state index in [2.05, 4.69) is 25.9 Å². The van der Waals surface area contributed by atoms with Gasteiger partial charge in [-0.05, 0) is 36.8 Å². The number of amides is 2. The molecule has 30 heavy (non-hydrogen) atoms. The molecule has 3 aromatic rings. The highest BCUT2D eigenvalue weighted by Gasteiger charge is 2.35. The molecule has 0 fully saturated rings. The SMILES string of the molecule is Cc1ccc(Cl)cc1NC(=O)[C@H]1CC(=O)Nc2nc(Nc3ccccc3)[nH]c(=O)c21. The van der Waals surface area contributed by atoms with Crippen molar-refractivity contribution in [2.24, 2.45) is 0 Å². The zero-order valence-electron chi connectivity index (χ0n) is 16.0. The molecule has 0 saturated heterocycles. The largest absolute Gasteiger partial charge is 0.326 e. The minimum Gasteiger partial charge on any atom is -0.326 e. The van der Waals surface area contributed by atoms with Crippen molar-refractivity contribution in [3.8, 4) is 0 Å². The predicted molar refractivity (Wildman–Crippen MR) is 115 cm³/mol. The fourth-order valence-electron chi connectivity index (χ4n) is 3.26. The van der Waals surface area contributed by atoms with Gasteiger partial charge < -0.3 is 16.0 Å². The molecule has 0 bridgehead atoms. The zero-order chi connectivity index (χ0) is 21.3. The van der Waals surface area contributed by atoms with Crippen molar-refractivity contribution in [3.05, 3.63) is 75.0 Å². The van der Waals surface area contributed by atoms with Gasteiger partial charge >= 0.3 is 0 Å². The molecule has 4 rings (SSSR count). The van der Waals surface area contributed by atoms with Gasteiger partial charge in [-0.3, -0.25) is 19.4 Å². The molecule has 1 aliphatic heterocycles.